The third-order valence-corrected chi connectivity index (χ3v) is 8.42. The number of nitrogens with zero attached hydrogens (tertiary/aromatic N) is 3. The fraction of sp³-hybridized carbons (Fsp3) is 0.323. The second-order valence-corrected chi connectivity index (χ2v) is 11.0. The third-order valence-electron chi connectivity index (χ3n) is 8.42. The van der Waals surface area contributed by atoms with Crippen LogP contribution in [0.2, 0.25) is 0 Å². The van der Waals surface area contributed by atoms with E-state index in [1.54, 1.807) is 35.2 Å². The number of fused-ring (bicyclic) bond motifs is 2. The second kappa shape index (κ2) is 12.8. The molecular weight excluding hydrogens is 575 g/mol. The van der Waals surface area contributed by atoms with Crippen molar-refractivity contribution in [2.45, 2.75) is 37.3 Å². The van der Waals surface area contributed by atoms with Crippen LogP contribution in [0.4, 0.5) is 4.39 Å². The van der Waals surface area contributed by atoms with E-state index in [-0.39, 0.29) is 24.7 Å². The van der Waals surface area contributed by atoms with Crippen molar-refractivity contribution in [1.82, 2.24) is 20.0 Å². The van der Waals surface area contributed by atoms with Gasteiger partial charge in [-0.2, -0.15) is 5.10 Å². The van der Waals surface area contributed by atoms with Gasteiger partial charge in [-0.05, 0) is 55.6 Å². The number of carbonyl (C=O) groups is 4. The zero-order valence-electron chi connectivity index (χ0n) is 23.5. The maximum Gasteiger partial charge on any atom is 0.333 e. The summed E-state index contributed by atoms with van der Waals surface area (Å²) in [6.45, 7) is 1.82. The van der Waals surface area contributed by atoms with Crippen molar-refractivity contribution < 1.29 is 44.0 Å². The third kappa shape index (κ3) is 6.38. The fourth-order valence-corrected chi connectivity index (χ4v) is 6.43. The summed E-state index contributed by atoms with van der Waals surface area (Å²) >= 11 is 0. The van der Waals surface area contributed by atoms with E-state index in [0.29, 0.717) is 48.4 Å². The number of likely N-dealkylation sites (tertiary alicyclic amines) is 1. The van der Waals surface area contributed by atoms with Gasteiger partial charge in [0.25, 0.3) is 0 Å². The number of piperidine rings is 1. The predicted molar refractivity (Wildman–Crippen MR) is 155 cm³/mol. The van der Waals surface area contributed by atoms with Crippen LogP contribution >= 0.6 is 0 Å². The average Bonchev–Trinajstić information content (AvgIpc) is 3.40. The SMILES string of the molecule is O=C(O)/C=C(\C(=O)O)C1Cc2ccccc2C(/C(=C/C(=O)O)C(=O)O)N1CCN1CCC(c2[nH]nc3cc(F)ccc23)CC1. The highest BCUT2D eigenvalue weighted by Gasteiger charge is 2.42. The Kier molecular flexibility index (Phi) is 8.88. The molecule has 0 aliphatic carbocycles. The number of rotatable bonds is 10. The molecule has 1 saturated heterocycles. The van der Waals surface area contributed by atoms with Crippen molar-refractivity contribution in [1.29, 1.82) is 0 Å². The van der Waals surface area contributed by atoms with Crippen LogP contribution in [0.15, 0.2) is 65.8 Å². The number of nitrogens with one attached hydrogen (secondary N) is 1. The molecule has 5 rings (SSSR count). The number of aromatic amines is 1. The van der Waals surface area contributed by atoms with Crippen LogP contribution in [0, 0.1) is 5.82 Å². The molecule has 12 nitrogen and oxygen atoms in total. The molecule has 2 atom stereocenters. The maximum absolute atomic E-state index is 13.6. The van der Waals surface area contributed by atoms with Crippen LogP contribution in [-0.2, 0) is 25.6 Å². The van der Waals surface area contributed by atoms with Crippen LogP contribution in [0.1, 0.15) is 41.6 Å². The summed E-state index contributed by atoms with van der Waals surface area (Å²) in [5.74, 6) is -6.10. The van der Waals surface area contributed by atoms with Crippen molar-refractivity contribution in [2.24, 2.45) is 0 Å². The molecule has 3 aromatic rings. The first-order valence-corrected chi connectivity index (χ1v) is 14.1. The summed E-state index contributed by atoms with van der Waals surface area (Å²) < 4.78 is 13.6. The average molecular weight is 607 g/mol. The van der Waals surface area contributed by atoms with Crippen LogP contribution in [0.3, 0.4) is 0 Å². The Bertz CT molecular complexity index is 1670. The van der Waals surface area contributed by atoms with Gasteiger partial charge in [0.05, 0.1) is 22.7 Å². The molecule has 3 heterocycles. The number of H-pyrrole nitrogens is 1. The predicted octanol–water partition coefficient (Wildman–Crippen LogP) is 3.04. The quantitative estimate of drug-likeness (QED) is 0.214. The van der Waals surface area contributed by atoms with Gasteiger partial charge in [-0.15, -0.1) is 0 Å². The van der Waals surface area contributed by atoms with Crippen LogP contribution in [-0.4, -0.2) is 96.5 Å². The Morgan fingerprint density at radius 3 is 2.23 bits per heavy atom. The highest BCUT2D eigenvalue weighted by molar-refractivity contribution is 5.97. The van der Waals surface area contributed by atoms with Gasteiger partial charge in [-0.3, -0.25) is 10.00 Å². The summed E-state index contributed by atoms with van der Waals surface area (Å²) in [7, 11) is 0. The van der Waals surface area contributed by atoms with E-state index >= 15 is 0 Å². The van der Waals surface area contributed by atoms with Gasteiger partial charge < -0.3 is 25.3 Å². The Labute approximate surface area is 250 Å². The second-order valence-electron chi connectivity index (χ2n) is 11.0. The molecule has 2 aromatic carbocycles. The lowest BCUT2D eigenvalue weighted by Gasteiger charge is -2.44. The molecule has 1 aromatic heterocycles. The minimum atomic E-state index is -1.48. The molecule has 2 unspecified atom stereocenters. The highest BCUT2D eigenvalue weighted by Crippen LogP contribution is 2.40. The Balaban J connectivity index is 1.44. The van der Waals surface area contributed by atoms with Gasteiger partial charge in [0, 0.05) is 54.3 Å². The Morgan fingerprint density at radius 1 is 0.909 bits per heavy atom. The summed E-state index contributed by atoms with van der Waals surface area (Å²) in [6, 6.07) is 9.05. The van der Waals surface area contributed by atoms with Gasteiger partial charge >= 0.3 is 23.9 Å². The molecule has 0 bridgehead atoms. The summed E-state index contributed by atoms with van der Waals surface area (Å²) in [5, 5.41) is 47.3. The van der Waals surface area contributed by atoms with Gasteiger partial charge in [-0.1, -0.05) is 24.3 Å². The first-order chi connectivity index (χ1) is 21.0. The number of hydrogen-bond donors (Lipinski definition) is 5. The zero-order valence-corrected chi connectivity index (χ0v) is 23.5. The van der Waals surface area contributed by atoms with Crippen molar-refractivity contribution >= 4 is 34.8 Å². The maximum atomic E-state index is 13.6. The van der Waals surface area contributed by atoms with Gasteiger partial charge in [-0.25, -0.2) is 23.6 Å². The first-order valence-electron chi connectivity index (χ1n) is 14.1. The molecule has 0 radical (unpaired) electrons. The molecule has 1 fully saturated rings. The molecule has 13 heteroatoms. The Morgan fingerprint density at radius 2 is 1.57 bits per heavy atom. The number of carboxylic acids is 4. The van der Waals surface area contributed by atoms with Gasteiger partial charge in [0.2, 0.25) is 0 Å². The lowest BCUT2D eigenvalue weighted by Crippen LogP contribution is -2.51. The number of aliphatic carboxylic acids is 4. The molecule has 2 aliphatic heterocycles. The monoisotopic (exact) mass is 606 g/mol. The largest absolute Gasteiger partial charge is 0.478 e. The van der Waals surface area contributed by atoms with E-state index < -0.39 is 47.1 Å². The molecule has 0 amide bonds. The topological polar surface area (TPSA) is 184 Å². The number of aromatic nitrogens is 2. The molecule has 0 saturated carbocycles. The van der Waals surface area contributed by atoms with Crippen molar-refractivity contribution in [3.63, 3.8) is 0 Å². The fourth-order valence-electron chi connectivity index (χ4n) is 6.43. The summed E-state index contributed by atoms with van der Waals surface area (Å²) in [6.07, 6.45) is 2.81. The smallest absolute Gasteiger partial charge is 0.333 e. The van der Waals surface area contributed by atoms with Crippen molar-refractivity contribution in [2.75, 3.05) is 26.2 Å². The number of carboxylic acid groups (broad SMARTS) is 4. The lowest BCUT2D eigenvalue weighted by molar-refractivity contribution is -0.136. The number of halogens is 1. The first kappa shape index (κ1) is 30.6. The minimum Gasteiger partial charge on any atom is -0.478 e. The van der Waals surface area contributed by atoms with E-state index in [1.807, 2.05) is 0 Å². The van der Waals surface area contributed by atoms with Crippen LogP contribution in [0.25, 0.3) is 10.9 Å². The van der Waals surface area contributed by atoms with E-state index in [9.17, 15) is 44.0 Å². The van der Waals surface area contributed by atoms with Crippen molar-refractivity contribution in [3.8, 4) is 0 Å². The summed E-state index contributed by atoms with van der Waals surface area (Å²) in [4.78, 5) is 51.8. The van der Waals surface area contributed by atoms with Crippen LogP contribution < -0.4 is 0 Å². The number of hydrogen-bond acceptors (Lipinski definition) is 7. The molecular formula is C31H31FN4O8. The van der Waals surface area contributed by atoms with E-state index in [0.717, 1.165) is 23.9 Å². The van der Waals surface area contributed by atoms with E-state index in [4.69, 9.17) is 0 Å². The van der Waals surface area contributed by atoms with Crippen molar-refractivity contribution in [3.05, 3.63) is 88.4 Å². The molecule has 5 N–H and O–H groups in total. The molecule has 2 aliphatic rings. The minimum absolute atomic E-state index is 0.0909. The molecule has 44 heavy (non-hydrogen) atoms. The van der Waals surface area contributed by atoms with E-state index in [1.165, 1.54) is 12.1 Å². The standard InChI is InChI=1S/C31H31FN4O8/c32-19-5-6-21-24(14-19)33-34-28(21)17-7-9-35(10-8-17)11-12-36-25(22(30(41)42)15-26(37)38)13-18-3-1-2-4-20(18)29(36)23(31(43)44)16-27(39)40/h1-6,14-17,25,29H,7-13H2,(H,33,34)(H,37,38)(H,39,40)(H,41,42)(H,43,44)/b22-15-,23-16-. The molecule has 0 spiro atoms. The van der Waals surface area contributed by atoms with Gasteiger partial charge in [0.1, 0.15) is 5.82 Å². The number of benzene rings is 2. The summed E-state index contributed by atoms with van der Waals surface area (Å²) in [5.41, 5.74) is 1.70. The normalized spacial score (nSPS) is 20.4. The molecule has 230 valence electrons. The van der Waals surface area contributed by atoms with Gasteiger partial charge in [0.15, 0.2) is 0 Å². The van der Waals surface area contributed by atoms with E-state index in [2.05, 4.69) is 15.1 Å². The highest BCUT2D eigenvalue weighted by atomic mass is 19.1. The Hall–Kier alpha value is -4.88. The van der Waals surface area contributed by atoms with Crippen LogP contribution in [0.5, 0.6) is 0 Å². The lowest BCUT2D eigenvalue weighted by atomic mass is 9.81. The zero-order chi connectivity index (χ0) is 31.5.